The number of fused-ring (bicyclic) bond motifs is 1. The van der Waals surface area contributed by atoms with Gasteiger partial charge in [-0.3, -0.25) is 4.79 Å². The molecule has 0 amide bonds. The Balaban J connectivity index is 1.85. The summed E-state index contributed by atoms with van der Waals surface area (Å²) in [4.78, 5) is 13.6. The van der Waals surface area contributed by atoms with E-state index in [1.165, 1.54) is 6.07 Å². The summed E-state index contributed by atoms with van der Waals surface area (Å²) < 4.78 is 13.8. The maximum atomic E-state index is 13.8. The molecule has 1 aliphatic heterocycles. The van der Waals surface area contributed by atoms with Gasteiger partial charge in [-0.2, -0.15) is 0 Å². The first-order chi connectivity index (χ1) is 9.66. The maximum absolute atomic E-state index is 13.8. The van der Waals surface area contributed by atoms with Gasteiger partial charge in [0.15, 0.2) is 0 Å². The van der Waals surface area contributed by atoms with Crippen LogP contribution in [0.3, 0.4) is 0 Å². The second kappa shape index (κ2) is 5.58. The fraction of sp³-hybridized carbons (Fsp3) is 0.188. The molecule has 0 aliphatic carbocycles. The van der Waals surface area contributed by atoms with Crippen LogP contribution in [0, 0.1) is 5.82 Å². The number of hydrogen-bond donors (Lipinski definition) is 0. The number of carbonyl (C=O) groups is 1. The lowest BCUT2D eigenvalue weighted by Crippen LogP contribution is -2.15. The standard InChI is InChI=1S/C16H12ClFOS/c17-13-5-3-6-14(18)11(13)8-15(19)12-9-20-16-7-2-1-4-10(12)16/h1-7,12H,8-9H2. The van der Waals surface area contributed by atoms with E-state index in [2.05, 4.69) is 0 Å². The first-order valence-electron chi connectivity index (χ1n) is 6.34. The molecule has 3 rings (SSSR count). The predicted molar refractivity (Wildman–Crippen MR) is 80.0 cm³/mol. The van der Waals surface area contributed by atoms with Crippen LogP contribution in [-0.4, -0.2) is 11.5 Å². The summed E-state index contributed by atoms with van der Waals surface area (Å²) in [6, 6.07) is 12.4. The lowest BCUT2D eigenvalue weighted by molar-refractivity contribution is -0.119. The minimum Gasteiger partial charge on any atom is -0.299 e. The first-order valence-corrected chi connectivity index (χ1v) is 7.70. The molecule has 20 heavy (non-hydrogen) atoms. The van der Waals surface area contributed by atoms with Crippen molar-refractivity contribution in [2.45, 2.75) is 17.2 Å². The summed E-state index contributed by atoms with van der Waals surface area (Å²) in [7, 11) is 0. The van der Waals surface area contributed by atoms with Gasteiger partial charge < -0.3 is 0 Å². The lowest BCUT2D eigenvalue weighted by Gasteiger charge is -2.11. The average molecular weight is 307 g/mol. The van der Waals surface area contributed by atoms with Gasteiger partial charge in [0.25, 0.3) is 0 Å². The molecule has 0 radical (unpaired) electrons. The van der Waals surface area contributed by atoms with Gasteiger partial charge >= 0.3 is 0 Å². The second-order valence-corrected chi connectivity index (χ2v) is 6.21. The van der Waals surface area contributed by atoms with Crippen LogP contribution >= 0.6 is 23.4 Å². The highest BCUT2D eigenvalue weighted by atomic mass is 35.5. The van der Waals surface area contributed by atoms with Gasteiger partial charge in [-0.25, -0.2) is 4.39 Å². The van der Waals surface area contributed by atoms with E-state index in [0.29, 0.717) is 10.6 Å². The van der Waals surface area contributed by atoms with E-state index in [9.17, 15) is 9.18 Å². The van der Waals surface area contributed by atoms with E-state index in [1.54, 1.807) is 23.9 Å². The maximum Gasteiger partial charge on any atom is 0.145 e. The fourth-order valence-corrected chi connectivity index (χ4v) is 3.92. The molecule has 1 heterocycles. The van der Waals surface area contributed by atoms with Crippen molar-refractivity contribution in [3.8, 4) is 0 Å². The van der Waals surface area contributed by atoms with Crippen LogP contribution in [0.1, 0.15) is 17.0 Å². The minimum atomic E-state index is -0.412. The monoisotopic (exact) mass is 306 g/mol. The highest BCUT2D eigenvalue weighted by molar-refractivity contribution is 7.99. The number of benzene rings is 2. The van der Waals surface area contributed by atoms with Gasteiger partial charge in [-0.05, 0) is 23.8 Å². The Hall–Kier alpha value is -1.32. The van der Waals surface area contributed by atoms with E-state index in [0.717, 1.165) is 16.2 Å². The molecular weight excluding hydrogens is 295 g/mol. The van der Waals surface area contributed by atoms with E-state index in [1.807, 2.05) is 24.3 Å². The summed E-state index contributed by atoms with van der Waals surface area (Å²) in [5.74, 6) is 0.177. The Bertz CT molecular complexity index is 651. The molecular formula is C16H12ClFOS. The SMILES string of the molecule is O=C(Cc1c(F)cccc1Cl)C1CSc2ccccc21. The molecule has 0 N–H and O–H groups in total. The summed E-state index contributed by atoms with van der Waals surface area (Å²) in [6.07, 6.45) is 0.0467. The number of halogens is 2. The zero-order valence-corrected chi connectivity index (χ0v) is 12.2. The smallest absolute Gasteiger partial charge is 0.145 e. The molecule has 1 aliphatic rings. The van der Waals surface area contributed by atoms with Crippen molar-refractivity contribution in [3.05, 3.63) is 64.4 Å². The molecule has 0 fully saturated rings. The topological polar surface area (TPSA) is 17.1 Å². The number of Topliss-reactive ketones (excluding diaryl/α,β-unsaturated/α-hetero) is 1. The Morgan fingerprint density at radius 1 is 1.25 bits per heavy atom. The zero-order valence-electron chi connectivity index (χ0n) is 10.6. The van der Waals surface area contributed by atoms with E-state index in [4.69, 9.17) is 11.6 Å². The van der Waals surface area contributed by atoms with Crippen molar-refractivity contribution < 1.29 is 9.18 Å². The third kappa shape index (κ3) is 2.48. The van der Waals surface area contributed by atoms with Crippen molar-refractivity contribution in [2.75, 3.05) is 5.75 Å². The molecule has 0 bridgehead atoms. The van der Waals surface area contributed by atoms with Gasteiger partial charge in [0, 0.05) is 27.7 Å². The second-order valence-electron chi connectivity index (χ2n) is 4.74. The Morgan fingerprint density at radius 3 is 2.85 bits per heavy atom. The molecule has 0 saturated carbocycles. The number of hydrogen-bond acceptors (Lipinski definition) is 2. The Labute approximate surface area is 126 Å². The summed E-state index contributed by atoms with van der Waals surface area (Å²) in [5, 5.41) is 0.317. The van der Waals surface area contributed by atoms with Crippen LogP contribution in [-0.2, 0) is 11.2 Å². The summed E-state index contributed by atoms with van der Waals surface area (Å²) in [6.45, 7) is 0. The van der Waals surface area contributed by atoms with Crippen LogP contribution in [0.5, 0.6) is 0 Å². The van der Waals surface area contributed by atoms with Gasteiger partial charge in [-0.1, -0.05) is 35.9 Å². The molecule has 1 atom stereocenters. The Kier molecular flexibility index (Phi) is 3.81. The third-order valence-corrected chi connectivity index (χ3v) is 5.04. The highest BCUT2D eigenvalue weighted by Crippen LogP contribution is 2.40. The minimum absolute atomic E-state index is 0.0226. The zero-order chi connectivity index (χ0) is 14.1. The number of ketones is 1. The molecule has 2 aromatic rings. The molecule has 1 unspecified atom stereocenters. The number of thioether (sulfide) groups is 1. The van der Waals surface area contributed by atoms with E-state index in [-0.39, 0.29) is 18.1 Å². The molecule has 0 saturated heterocycles. The lowest BCUT2D eigenvalue weighted by atomic mass is 9.92. The number of carbonyl (C=O) groups excluding carboxylic acids is 1. The van der Waals surface area contributed by atoms with Gasteiger partial charge in [0.1, 0.15) is 11.6 Å². The van der Waals surface area contributed by atoms with E-state index < -0.39 is 5.82 Å². The molecule has 102 valence electrons. The summed E-state index contributed by atoms with van der Waals surface area (Å²) >= 11 is 7.66. The Morgan fingerprint density at radius 2 is 2.05 bits per heavy atom. The van der Waals surface area contributed by atoms with Crippen molar-refractivity contribution >= 4 is 29.1 Å². The highest BCUT2D eigenvalue weighted by Gasteiger charge is 2.29. The van der Waals surface area contributed by atoms with Crippen LogP contribution < -0.4 is 0 Å². The normalized spacial score (nSPS) is 17.0. The van der Waals surface area contributed by atoms with Crippen LogP contribution in [0.25, 0.3) is 0 Å². The molecule has 0 spiro atoms. The van der Waals surface area contributed by atoms with Gasteiger partial charge in [0.05, 0.1) is 5.92 Å². The fourth-order valence-electron chi connectivity index (χ4n) is 2.43. The van der Waals surface area contributed by atoms with Crippen molar-refractivity contribution in [2.24, 2.45) is 0 Å². The largest absolute Gasteiger partial charge is 0.299 e. The average Bonchev–Trinajstić information content (AvgIpc) is 2.87. The van der Waals surface area contributed by atoms with E-state index >= 15 is 0 Å². The first kappa shape index (κ1) is 13.7. The van der Waals surface area contributed by atoms with Crippen molar-refractivity contribution in [1.29, 1.82) is 0 Å². The third-order valence-electron chi connectivity index (χ3n) is 3.50. The molecule has 0 aromatic heterocycles. The van der Waals surface area contributed by atoms with Crippen LogP contribution in [0.4, 0.5) is 4.39 Å². The summed E-state index contributed by atoms with van der Waals surface area (Å²) in [5.41, 5.74) is 1.35. The van der Waals surface area contributed by atoms with Gasteiger partial charge in [-0.15, -0.1) is 11.8 Å². The van der Waals surface area contributed by atoms with Crippen molar-refractivity contribution in [1.82, 2.24) is 0 Å². The molecule has 1 nitrogen and oxygen atoms in total. The van der Waals surface area contributed by atoms with Crippen molar-refractivity contribution in [3.63, 3.8) is 0 Å². The molecule has 4 heteroatoms. The van der Waals surface area contributed by atoms with Gasteiger partial charge in [0.2, 0.25) is 0 Å². The van der Waals surface area contributed by atoms with Crippen LogP contribution in [0.2, 0.25) is 5.02 Å². The quantitative estimate of drug-likeness (QED) is 0.831. The number of rotatable bonds is 3. The van der Waals surface area contributed by atoms with Crippen LogP contribution in [0.15, 0.2) is 47.4 Å². The molecule has 2 aromatic carbocycles. The predicted octanol–water partition coefficient (Wildman–Crippen LogP) is 4.48.